The normalized spacial score (nSPS) is 23.0. The zero-order chi connectivity index (χ0) is 14.7. The highest BCUT2D eigenvalue weighted by Crippen LogP contribution is 2.24. The number of aliphatic hydroxyl groups excluding tert-OH is 1. The van der Waals surface area contributed by atoms with E-state index in [0.717, 1.165) is 25.7 Å². The minimum Gasteiger partial charge on any atom is -0.391 e. The Morgan fingerprint density at radius 3 is 2.80 bits per heavy atom. The summed E-state index contributed by atoms with van der Waals surface area (Å²) in [5.41, 5.74) is 6.02. The number of nitrogens with two attached hydrogens (primary N) is 1. The van der Waals surface area contributed by atoms with Crippen LogP contribution in [0, 0.1) is 11.2 Å². The van der Waals surface area contributed by atoms with Gasteiger partial charge in [0.05, 0.1) is 11.7 Å². The molecule has 0 spiro atoms. The van der Waals surface area contributed by atoms with Crippen LogP contribution in [0.15, 0.2) is 18.2 Å². The van der Waals surface area contributed by atoms with Crippen molar-refractivity contribution < 1.29 is 9.50 Å². The second kappa shape index (κ2) is 6.33. The maximum Gasteiger partial charge on any atom is 0.138 e. The van der Waals surface area contributed by atoms with E-state index < -0.39 is 5.82 Å². The van der Waals surface area contributed by atoms with Crippen molar-refractivity contribution in [3.63, 3.8) is 0 Å². The average molecular weight is 279 g/mol. The maximum absolute atomic E-state index is 14.2. The van der Waals surface area contributed by atoms with Crippen molar-refractivity contribution in [2.24, 2.45) is 5.73 Å². The SMILES string of the molecule is CN(Cc1cccc(C(=N)N)c1F)C1CCCCC1O. The number of rotatable bonds is 4. The molecule has 5 heteroatoms. The van der Waals surface area contributed by atoms with Crippen molar-refractivity contribution >= 4 is 5.84 Å². The van der Waals surface area contributed by atoms with Crippen LogP contribution in [0.4, 0.5) is 4.39 Å². The van der Waals surface area contributed by atoms with Crippen LogP contribution in [0.1, 0.15) is 36.8 Å². The zero-order valence-corrected chi connectivity index (χ0v) is 11.8. The van der Waals surface area contributed by atoms with E-state index in [1.165, 1.54) is 6.07 Å². The highest BCUT2D eigenvalue weighted by atomic mass is 19.1. The number of aliphatic hydroxyl groups is 1. The number of nitrogen functional groups attached to an aromatic ring is 1. The zero-order valence-electron chi connectivity index (χ0n) is 11.8. The van der Waals surface area contributed by atoms with Crippen LogP contribution in [0.2, 0.25) is 0 Å². The van der Waals surface area contributed by atoms with Crippen LogP contribution in [0.5, 0.6) is 0 Å². The fourth-order valence-corrected chi connectivity index (χ4v) is 2.90. The third kappa shape index (κ3) is 3.16. The van der Waals surface area contributed by atoms with Crippen molar-refractivity contribution in [3.8, 4) is 0 Å². The molecule has 110 valence electrons. The number of hydrogen-bond donors (Lipinski definition) is 3. The minimum atomic E-state index is -0.433. The van der Waals surface area contributed by atoms with Gasteiger partial charge in [-0.2, -0.15) is 0 Å². The summed E-state index contributed by atoms with van der Waals surface area (Å²) in [6.07, 6.45) is 3.56. The van der Waals surface area contributed by atoms with Gasteiger partial charge in [0, 0.05) is 18.2 Å². The Hall–Kier alpha value is -1.46. The second-order valence-electron chi connectivity index (χ2n) is 5.53. The van der Waals surface area contributed by atoms with E-state index in [2.05, 4.69) is 0 Å². The number of hydrogen-bond acceptors (Lipinski definition) is 3. The molecular formula is C15H22FN3O. The largest absolute Gasteiger partial charge is 0.391 e. The molecule has 2 rings (SSSR count). The summed E-state index contributed by atoms with van der Waals surface area (Å²) in [5.74, 6) is -0.693. The van der Waals surface area contributed by atoms with Crippen molar-refractivity contribution in [1.29, 1.82) is 5.41 Å². The van der Waals surface area contributed by atoms with E-state index in [4.69, 9.17) is 11.1 Å². The van der Waals surface area contributed by atoms with Gasteiger partial charge in [-0.05, 0) is 26.0 Å². The Labute approximate surface area is 118 Å². The van der Waals surface area contributed by atoms with E-state index in [1.54, 1.807) is 12.1 Å². The topological polar surface area (TPSA) is 73.3 Å². The third-order valence-electron chi connectivity index (χ3n) is 4.05. The fourth-order valence-electron chi connectivity index (χ4n) is 2.90. The molecular weight excluding hydrogens is 257 g/mol. The predicted octanol–water partition coefficient (Wildman–Crippen LogP) is 1.85. The molecule has 1 saturated carbocycles. The van der Waals surface area contributed by atoms with Crippen molar-refractivity contribution in [1.82, 2.24) is 4.90 Å². The molecule has 2 atom stereocenters. The van der Waals surface area contributed by atoms with Gasteiger partial charge in [-0.3, -0.25) is 10.3 Å². The van der Waals surface area contributed by atoms with Crippen LogP contribution >= 0.6 is 0 Å². The van der Waals surface area contributed by atoms with Crippen LogP contribution in [0.3, 0.4) is 0 Å². The lowest BCUT2D eigenvalue weighted by Crippen LogP contribution is -2.43. The van der Waals surface area contributed by atoms with Gasteiger partial charge in [0.1, 0.15) is 11.7 Å². The van der Waals surface area contributed by atoms with Crippen molar-refractivity contribution in [3.05, 3.63) is 35.1 Å². The molecule has 0 aliphatic heterocycles. The first-order valence-corrected chi connectivity index (χ1v) is 7.00. The molecule has 1 fully saturated rings. The molecule has 1 aromatic rings. The summed E-state index contributed by atoms with van der Waals surface area (Å²) in [4.78, 5) is 1.99. The van der Waals surface area contributed by atoms with E-state index in [9.17, 15) is 9.50 Å². The summed E-state index contributed by atoms with van der Waals surface area (Å²) < 4.78 is 14.2. The summed E-state index contributed by atoms with van der Waals surface area (Å²) >= 11 is 0. The van der Waals surface area contributed by atoms with Crippen LogP contribution in [-0.2, 0) is 6.54 Å². The van der Waals surface area contributed by atoms with Crippen molar-refractivity contribution in [2.45, 2.75) is 44.4 Å². The Morgan fingerprint density at radius 1 is 1.45 bits per heavy atom. The average Bonchev–Trinajstić information content (AvgIpc) is 2.41. The number of likely N-dealkylation sites (N-methyl/N-ethyl adjacent to an activating group) is 1. The second-order valence-corrected chi connectivity index (χ2v) is 5.53. The molecule has 0 amide bonds. The Kier molecular flexibility index (Phi) is 4.73. The van der Waals surface area contributed by atoms with Gasteiger partial charge in [0.2, 0.25) is 0 Å². The van der Waals surface area contributed by atoms with E-state index in [1.807, 2.05) is 11.9 Å². The van der Waals surface area contributed by atoms with Crippen LogP contribution in [0.25, 0.3) is 0 Å². The summed E-state index contributed by atoms with van der Waals surface area (Å²) in [6.45, 7) is 0.411. The van der Waals surface area contributed by atoms with Gasteiger partial charge < -0.3 is 10.8 Å². The monoisotopic (exact) mass is 279 g/mol. The molecule has 20 heavy (non-hydrogen) atoms. The van der Waals surface area contributed by atoms with Crippen molar-refractivity contribution in [2.75, 3.05) is 7.05 Å². The summed E-state index contributed by atoms with van der Waals surface area (Å²) in [6, 6.07) is 4.99. The number of halogens is 1. The van der Waals surface area contributed by atoms with Crippen LogP contribution in [-0.4, -0.2) is 35.0 Å². The lowest BCUT2D eigenvalue weighted by atomic mass is 9.91. The minimum absolute atomic E-state index is 0.0733. The molecule has 1 aliphatic rings. The highest BCUT2D eigenvalue weighted by molar-refractivity contribution is 5.95. The first-order chi connectivity index (χ1) is 9.50. The molecule has 0 radical (unpaired) electrons. The van der Waals surface area contributed by atoms with Gasteiger partial charge in [-0.25, -0.2) is 4.39 Å². The fraction of sp³-hybridized carbons (Fsp3) is 0.533. The Bertz CT molecular complexity index is 492. The number of nitrogens with one attached hydrogen (secondary N) is 1. The third-order valence-corrected chi connectivity index (χ3v) is 4.05. The molecule has 0 bridgehead atoms. The number of nitrogens with zero attached hydrogens (tertiary/aromatic N) is 1. The first-order valence-electron chi connectivity index (χ1n) is 7.00. The maximum atomic E-state index is 14.2. The lowest BCUT2D eigenvalue weighted by molar-refractivity contribution is 0.0284. The van der Waals surface area contributed by atoms with E-state index in [-0.39, 0.29) is 23.5 Å². The molecule has 0 heterocycles. The molecule has 4 N–H and O–H groups in total. The quantitative estimate of drug-likeness (QED) is 0.581. The predicted molar refractivity (Wildman–Crippen MR) is 77.1 cm³/mol. The lowest BCUT2D eigenvalue weighted by Gasteiger charge is -2.35. The van der Waals surface area contributed by atoms with Gasteiger partial charge in [-0.15, -0.1) is 0 Å². The Balaban J connectivity index is 2.13. The van der Waals surface area contributed by atoms with Crippen LogP contribution < -0.4 is 5.73 Å². The van der Waals surface area contributed by atoms with E-state index in [0.29, 0.717) is 12.1 Å². The van der Waals surface area contributed by atoms with Gasteiger partial charge in [0.15, 0.2) is 0 Å². The first kappa shape index (κ1) is 14.9. The molecule has 2 unspecified atom stereocenters. The highest BCUT2D eigenvalue weighted by Gasteiger charge is 2.27. The number of amidine groups is 1. The molecule has 1 aromatic carbocycles. The standard InChI is InChI=1S/C15H22FN3O/c1-19(12-7-2-3-8-13(12)20)9-10-5-4-6-11(14(10)16)15(17)18/h4-6,12-13,20H,2-3,7-9H2,1H3,(H3,17,18). The molecule has 4 nitrogen and oxygen atoms in total. The van der Waals surface area contributed by atoms with E-state index >= 15 is 0 Å². The van der Waals surface area contributed by atoms with Gasteiger partial charge in [0.25, 0.3) is 0 Å². The molecule has 1 aliphatic carbocycles. The van der Waals surface area contributed by atoms with Gasteiger partial charge >= 0.3 is 0 Å². The summed E-state index contributed by atoms with van der Waals surface area (Å²) in [5, 5.41) is 17.4. The smallest absolute Gasteiger partial charge is 0.138 e. The molecule has 0 aromatic heterocycles. The number of benzene rings is 1. The Morgan fingerprint density at radius 2 is 2.15 bits per heavy atom. The molecule has 0 saturated heterocycles. The van der Waals surface area contributed by atoms with Gasteiger partial charge in [-0.1, -0.05) is 25.0 Å². The summed E-state index contributed by atoms with van der Waals surface area (Å²) in [7, 11) is 1.90.